The van der Waals surface area contributed by atoms with Gasteiger partial charge in [0.15, 0.2) is 0 Å². The smallest absolute Gasteiger partial charge is 0.340 e. The van der Waals surface area contributed by atoms with Gasteiger partial charge in [-0.05, 0) is 54.1 Å². The predicted molar refractivity (Wildman–Crippen MR) is 117 cm³/mol. The van der Waals surface area contributed by atoms with Crippen molar-refractivity contribution in [1.29, 1.82) is 0 Å². The van der Waals surface area contributed by atoms with Crippen LogP contribution in [0.15, 0.2) is 77.8 Å². The zero-order chi connectivity index (χ0) is 24.5. The second-order valence-corrected chi connectivity index (χ2v) is 9.29. The summed E-state index contributed by atoms with van der Waals surface area (Å²) in [4.78, 5) is 30.6. The van der Waals surface area contributed by atoms with Crippen LogP contribution >= 0.6 is 0 Å². The van der Waals surface area contributed by atoms with Crippen LogP contribution in [-0.2, 0) is 21.2 Å². The number of rotatable bonds is 6. The fraction of sp³-hybridized carbons (Fsp3) is 0.136. The van der Waals surface area contributed by atoms with E-state index in [4.69, 9.17) is 0 Å². The summed E-state index contributed by atoms with van der Waals surface area (Å²) in [7, 11) is -5.53. The molecule has 3 amide bonds. The van der Waals surface area contributed by atoms with E-state index in [1.165, 1.54) is 4.90 Å². The van der Waals surface area contributed by atoms with Gasteiger partial charge in [-0.25, -0.2) is 23.1 Å². The van der Waals surface area contributed by atoms with Crippen LogP contribution in [0.3, 0.4) is 0 Å². The number of para-hydroxylation sites is 1. The maximum absolute atomic E-state index is 12.8. The van der Waals surface area contributed by atoms with Crippen molar-refractivity contribution in [2.75, 3.05) is 16.8 Å². The molecule has 1 aliphatic heterocycles. The molecule has 3 aromatic rings. The molecule has 2 heterocycles. The van der Waals surface area contributed by atoms with Crippen molar-refractivity contribution in [1.82, 2.24) is 9.88 Å². The number of aromatic nitrogens is 1. The summed E-state index contributed by atoms with van der Waals surface area (Å²) in [5, 5.41) is 3.13. The molecule has 0 saturated carbocycles. The van der Waals surface area contributed by atoms with Crippen molar-refractivity contribution in [3.63, 3.8) is 0 Å². The highest BCUT2D eigenvalue weighted by Gasteiger charge is 2.47. The molecular weight excluding hydrogens is 473 g/mol. The lowest BCUT2D eigenvalue weighted by Crippen LogP contribution is -2.32. The molecule has 4 rings (SSSR count). The second-order valence-electron chi connectivity index (χ2n) is 7.35. The molecule has 0 radical (unpaired) electrons. The average molecular weight is 490 g/mol. The van der Waals surface area contributed by atoms with E-state index in [1.807, 2.05) is 30.3 Å². The fourth-order valence-corrected chi connectivity index (χ4v) is 4.13. The largest absolute Gasteiger partial charge is 0.501 e. The van der Waals surface area contributed by atoms with Gasteiger partial charge in [-0.15, -0.1) is 0 Å². The third kappa shape index (κ3) is 4.57. The minimum atomic E-state index is -5.53. The summed E-state index contributed by atoms with van der Waals surface area (Å²) < 4.78 is 61.2. The molecule has 0 unspecified atom stereocenters. The van der Waals surface area contributed by atoms with Gasteiger partial charge >= 0.3 is 11.5 Å². The van der Waals surface area contributed by atoms with Crippen LogP contribution < -0.4 is 10.2 Å². The first-order chi connectivity index (χ1) is 16.1. The number of amides is 3. The Bertz CT molecular complexity index is 1330. The third-order valence-electron chi connectivity index (χ3n) is 4.99. The first kappa shape index (κ1) is 23.2. The van der Waals surface area contributed by atoms with Crippen LogP contribution in [0.2, 0.25) is 0 Å². The number of nitrogens with zero attached hydrogens (tertiary/aromatic N) is 3. The Morgan fingerprint density at radius 1 is 0.971 bits per heavy atom. The SMILES string of the molecule is O=C1CN(Cc2ccnc(Nc3ccccc3)c2)C(=O)N1c1ccc(S(=O)(=O)C(F)(F)F)cc1. The Kier molecular flexibility index (Phi) is 6.00. The number of pyridine rings is 1. The Balaban J connectivity index is 1.49. The molecule has 0 aliphatic carbocycles. The first-order valence-corrected chi connectivity index (χ1v) is 11.3. The van der Waals surface area contributed by atoms with E-state index in [0.29, 0.717) is 23.5 Å². The normalized spacial score (nSPS) is 14.6. The van der Waals surface area contributed by atoms with Crippen molar-refractivity contribution in [3.05, 3.63) is 78.5 Å². The van der Waals surface area contributed by atoms with Gasteiger partial charge in [-0.3, -0.25) is 4.79 Å². The molecule has 8 nitrogen and oxygen atoms in total. The molecule has 12 heteroatoms. The van der Waals surface area contributed by atoms with Crippen molar-refractivity contribution >= 4 is 39.0 Å². The Morgan fingerprint density at radius 2 is 1.65 bits per heavy atom. The number of imide groups is 1. The maximum Gasteiger partial charge on any atom is 0.501 e. The number of carbonyl (C=O) groups is 2. The Labute approximate surface area is 192 Å². The number of hydrogen-bond donors (Lipinski definition) is 1. The highest BCUT2D eigenvalue weighted by Crippen LogP contribution is 2.32. The van der Waals surface area contributed by atoms with Crippen molar-refractivity contribution in [2.24, 2.45) is 0 Å². The maximum atomic E-state index is 12.8. The molecule has 1 fully saturated rings. The molecule has 0 bridgehead atoms. The number of urea groups is 1. The lowest BCUT2D eigenvalue weighted by molar-refractivity contribution is -0.116. The highest BCUT2D eigenvalue weighted by molar-refractivity contribution is 7.92. The van der Waals surface area contributed by atoms with Gasteiger partial charge in [0.05, 0.1) is 10.6 Å². The van der Waals surface area contributed by atoms with Gasteiger partial charge in [0, 0.05) is 18.4 Å². The highest BCUT2D eigenvalue weighted by atomic mass is 32.2. The lowest BCUT2D eigenvalue weighted by atomic mass is 10.2. The monoisotopic (exact) mass is 490 g/mol. The Morgan fingerprint density at radius 3 is 2.29 bits per heavy atom. The van der Waals surface area contributed by atoms with Crippen LogP contribution in [0.25, 0.3) is 0 Å². The van der Waals surface area contributed by atoms with Crippen LogP contribution in [0.5, 0.6) is 0 Å². The number of sulfone groups is 1. The fourth-order valence-electron chi connectivity index (χ4n) is 3.37. The van der Waals surface area contributed by atoms with E-state index in [-0.39, 0.29) is 18.8 Å². The van der Waals surface area contributed by atoms with Gasteiger partial charge in [0.25, 0.3) is 15.7 Å². The second kappa shape index (κ2) is 8.78. The topological polar surface area (TPSA) is 99.7 Å². The quantitative estimate of drug-likeness (QED) is 0.523. The minimum Gasteiger partial charge on any atom is -0.340 e. The summed E-state index contributed by atoms with van der Waals surface area (Å²) in [6, 6.07) is 15.5. The van der Waals surface area contributed by atoms with Crippen molar-refractivity contribution in [3.8, 4) is 0 Å². The molecule has 34 heavy (non-hydrogen) atoms. The molecule has 176 valence electrons. The molecule has 1 saturated heterocycles. The van der Waals surface area contributed by atoms with Gasteiger partial charge in [-0.1, -0.05) is 18.2 Å². The summed E-state index contributed by atoms with van der Waals surface area (Å²) in [5.74, 6) is -0.0480. The number of halogens is 3. The number of hydrogen-bond acceptors (Lipinski definition) is 6. The van der Waals surface area contributed by atoms with E-state index in [0.717, 1.165) is 22.7 Å². The molecular formula is C22H17F3N4O4S. The number of anilines is 3. The van der Waals surface area contributed by atoms with E-state index in [1.54, 1.807) is 18.3 Å². The summed E-state index contributed by atoms with van der Waals surface area (Å²) in [6.45, 7) is -0.154. The number of alkyl halides is 3. The van der Waals surface area contributed by atoms with E-state index in [9.17, 15) is 31.2 Å². The Hall–Kier alpha value is -3.93. The zero-order valence-electron chi connectivity index (χ0n) is 17.4. The van der Waals surface area contributed by atoms with E-state index in [2.05, 4.69) is 10.3 Å². The van der Waals surface area contributed by atoms with Crippen LogP contribution in [0.4, 0.5) is 35.2 Å². The molecule has 2 aromatic carbocycles. The van der Waals surface area contributed by atoms with Crippen LogP contribution in [0.1, 0.15) is 5.56 Å². The van der Waals surface area contributed by atoms with E-state index >= 15 is 0 Å². The third-order valence-corrected chi connectivity index (χ3v) is 6.49. The predicted octanol–water partition coefficient (Wildman–Crippen LogP) is 4.09. The van der Waals surface area contributed by atoms with Gasteiger partial charge < -0.3 is 10.2 Å². The number of carbonyl (C=O) groups excluding carboxylic acids is 2. The van der Waals surface area contributed by atoms with Crippen molar-refractivity contribution in [2.45, 2.75) is 16.9 Å². The first-order valence-electron chi connectivity index (χ1n) is 9.86. The van der Waals surface area contributed by atoms with E-state index < -0.39 is 32.2 Å². The number of benzene rings is 2. The van der Waals surface area contributed by atoms with Gasteiger partial charge in [-0.2, -0.15) is 13.2 Å². The van der Waals surface area contributed by atoms with Gasteiger partial charge in [0.2, 0.25) is 0 Å². The van der Waals surface area contributed by atoms with Crippen molar-refractivity contribution < 1.29 is 31.2 Å². The minimum absolute atomic E-state index is 0.0280. The molecule has 1 aliphatic rings. The molecule has 1 aromatic heterocycles. The summed E-state index contributed by atoms with van der Waals surface area (Å²) in [6.07, 6.45) is 1.56. The summed E-state index contributed by atoms with van der Waals surface area (Å²) >= 11 is 0. The lowest BCUT2D eigenvalue weighted by Gasteiger charge is -2.18. The summed E-state index contributed by atoms with van der Waals surface area (Å²) in [5.41, 5.74) is -3.96. The molecule has 0 atom stereocenters. The standard InChI is InChI=1S/C22H17F3N4O4S/c23-22(24,25)34(32,33)18-8-6-17(7-9-18)29-20(30)14-28(21(29)31)13-15-10-11-26-19(12-15)27-16-4-2-1-3-5-16/h1-12H,13-14H2,(H,26,27). The molecule has 1 N–H and O–H groups in total. The number of nitrogens with one attached hydrogen (secondary N) is 1. The zero-order valence-corrected chi connectivity index (χ0v) is 18.2. The van der Waals surface area contributed by atoms with Gasteiger partial charge in [0.1, 0.15) is 12.4 Å². The van der Waals surface area contributed by atoms with Crippen LogP contribution in [-0.4, -0.2) is 42.3 Å². The van der Waals surface area contributed by atoms with Crippen LogP contribution in [0, 0.1) is 0 Å². The average Bonchev–Trinajstić information content (AvgIpc) is 3.06. The molecule has 0 spiro atoms.